The number of fused-ring (bicyclic) bond motifs is 6. The number of anilines is 6. The van der Waals surface area contributed by atoms with Crippen LogP contribution < -0.4 is 9.80 Å². The Hall–Kier alpha value is -10.3. The van der Waals surface area contributed by atoms with Crippen LogP contribution in [0.1, 0.15) is 105 Å². The second kappa shape index (κ2) is 21.8. The minimum Gasteiger partial charge on any atom is -0.309 e. The molecular weight excluding hydrogens is 1080 g/mol. The molecule has 0 N–H and O–H groups in total. The molecule has 434 valence electrons. The highest BCUT2D eigenvalue weighted by molar-refractivity contribution is 6.29. The van der Waals surface area contributed by atoms with Crippen LogP contribution in [0.3, 0.4) is 0 Å². The summed E-state index contributed by atoms with van der Waals surface area (Å²) in [5, 5.41) is 7.83. The van der Waals surface area contributed by atoms with Gasteiger partial charge in [-0.1, -0.05) is 269 Å². The van der Waals surface area contributed by atoms with E-state index >= 15 is 0 Å². The van der Waals surface area contributed by atoms with E-state index < -0.39 is 10.8 Å². The number of nitrogens with zero attached hydrogens (tertiary/aromatic N) is 2. The molecule has 90 heavy (non-hydrogen) atoms. The molecule has 0 aliphatic heterocycles. The molecule has 0 saturated carbocycles. The molecule has 0 aromatic heterocycles. The molecule has 14 aromatic rings. The molecule has 2 aliphatic rings. The molecule has 0 fully saturated rings. The first-order valence-electron chi connectivity index (χ1n) is 32.5. The van der Waals surface area contributed by atoms with Crippen LogP contribution >= 0.6 is 0 Å². The van der Waals surface area contributed by atoms with Crippen molar-refractivity contribution in [1.29, 1.82) is 0 Å². The molecule has 0 spiro atoms. The van der Waals surface area contributed by atoms with Crippen molar-refractivity contribution in [3.8, 4) is 22.3 Å². The standard InChI is InChI=1S/C88H72N2/c1-7-25-61-55-81(89(85-57(3)27-23-28-58(85)4)67-47-43-65(44-48-67)87(63-31-11-9-12-32-63)77-39-19-15-35-71(77)72-36-16-20-40-78(72)87)75-54-52-70-62(26-8-2)56-82(76-53-51-69(61)83(75)84(70)76)90(86-59(5)29-24-30-60(86)6)68-49-45-66(46-50-68)88(64-33-13-10-14-34-64)79-41-21-17-37-73(79)74-38-18-22-42-80(74)88/h9-24,27-56H,7-8,25-26H2,1-6H3. The van der Waals surface area contributed by atoms with Gasteiger partial charge in [-0.3, -0.25) is 0 Å². The summed E-state index contributed by atoms with van der Waals surface area (Å²) in [5.74, 6) is 0. The Morgan fingerprint density at radius 2 is 0.567 bits per heavy atom. The molecule has 0 amide bonds. The lowest BCUT2D eigenvalue weighted by atomic mass is 9.67. The fraction of sp³-hybridized carbons (Fsp3) is 0.136. The monoisotopic (exact) mass is 1160 g/mol. The lowest BCUT2D eigenvalue weighted by Crippen LogP contribution is -2.28. The van der Waals surface area contributed by atoms with Gasteiger partial charge in [0.25, 0.3) is 0 Å². The Kier molecular flexibility index (Phi) is 13.3. The highest BCUT2D eigenvalue weighted by atomic mass is 15.2. The highest BCUT2D eigenvalue weighted by Gasteiger charge is 2.47. The van der Waals surface area contributed by atoms with Crippen LogP contribution in [-0.2, 0) is 23.7 Å². The topological polar surface area (TPSA) is 6.48 Å². The minimum absolute atomic E-state index is 0.503. The Morgan fingerprint density at radius 1 is 0.278 bits per heavy atom. The van der Waals surface area contributed by atoms with Gasteiger partial charge in [0.1, 0.15) is 0 Å². The Morgan fingerprint density at radius 3 is 0.889 bits per heavy atom. The number of aryl methyl sites for hydroxylation is 6. The van der Waals surface area contributed by atoms with E-state index in [0.29, 0.717) is 0 Å². The predicted octanol–water partition coefficient (Wildman–Crippen LogP) is 23.4. The molecule has 0 unspecified atom stereocenters. The average molecular weight is 1160 g/mol. The SMILES string of the molecule is CCCc1cc(N(c2ccc(C3(c4ccccc4)c4ccccc4-c4ccccc43)cc2)c2c(C)cccc2C)c2ccc3c(CCC)cc(N(c4ccc(C5(c6ccccc6)c6ccccc6-c6ccccc65)cc4)c4c(C)cccc4C)c4ccc1c2c34. The van der Waals surface area contributed by atoms with Gasteiger partial charge in [-0.15, -0.1) is 0 Å². The molecule has 14 aromatic carbocycles. The van der Waals surface area contributed by atoms with Gasteiger partial charge in [0, 0.05) is 22.1 Å². The van der Waals surface area contributed by atoms with E-state index in [4.69, 9.17) is 0 Å². The summed E-state index contributed by atoms with van der Waals surface area (Å²) in [6.07, 6.45) is 3.96. The molecule has 0 radical (unpaired) electrons. The van der Waals surface area contributed by atoms with Crippen molar-refractivity contribution in [3.05, 3.63) is 357 Å². The molecular formula is C88H72N2. The molecule has 0 atom stereocenters. The molecule has 2 aliphatic carbocycles. The first-order valence-corrected chi connectivity index (χ1v) is 32.5. The van der Waals surface area contributed by atoms with Gasteiger partial charge < -0.3 is 9.80 Å². The van der Waals surface area contributed by atoms with Gasteiger partial charge in [0.05, 0.1) is 33.6 Å². The summed E-state index contributed by atoms with van der Waals surface area (Å²) in [6.45, 7) is 13.8. The van der Waals surface area contributed by atoms with E-state index in [-0.39, 0.29) is 0 Å². The van der Waals surface area contributed by atoms with Crippen LogP contribution in [0.2, 0.25) is 0 Å². The summed E-state index contributed by atoms with van der Waals surface area (Å²) in [4.78, 5) is 5.21. The lowest BCUT2D eigenvalue weighted by Gasteiger charge is -2.35. The van der Waals surface area contributed by atoms with Gasteiger partial charge >= 0.3 is 0 Å². The zero-order chi connectivity index (χ0) is 60.8. The third kappa shape index (κ3) is 8.10. The predicted molar refractivity (Wildman–Crippen MR) is 381 cm³/mol. The summed E-state index contributed by atoms with van der Waals surface area (Å²) in [6, 6.07) is 106. The Labute approximate surface area is 530 Å². The molecule has 2 nitrogen and oxygen atoms in total. The van der Waals surface area contributed by atoms with E-state index in [2.05, 4.69) is 330 Å². The first-order chi connectivity index (χ1) is 44.2. The molecule has 2 heteroatoms. The summed E-state index contributed by atoms with van der Waals surface area (Å²) in [7, 11) is 0. The summed E-state index contributed by atoms with van der Waals surface area (Å²) >= 11 is 0. The smallest absolute Gasteiger partial charge is 0.0713 e. The van der Waals surface area contributed by atoms with Gasteiger partial charge in [-0.25, -0.2) is 0 Å². The molecule has 0 saturated heterocycles. The van der Waals surface area contributed by atoms with Crippen LogP contribution in [0.5, 0.6) is 0 Å². The maximum Gasteiger partial charge on any atom is 0.0713 e. The minimum atomic E-state index is -0.503. The van der Waals surface area contributed by atoms with Crippen LogP contribution in [0.4, 0.5) is 34.1 Å². The van der Waals surface area contributed by atoms with E-state index in [9.17, 15) is 0 Å². The van der Waals surface area contributed by atoms with Gasteiger partial charge in [0.2, 0.25) is 0 Å². The van der Waals surface area contributed by atoms with Gasteiger partial charge in [-0.05, 0) is 199 Å². The van der Waals surface area contributed by atoms with E-state index in [1.165, 1.54) is 155 Å². The summed E-state index contributed by atoms with van der Waals surface area (Å²) < 4.78 is 0. The second-order valence-electron chi connectivity index (χ2n) is 25.3. The molecule has 0 heterocycles. The molecule has 0 bridgehead atoms. The quantitative estimate of drug-likeness (QED) is 0.100. The zero-order valence-electron chi connectivity index (χ0n) is 52.3. The van der Waals surface area contributed by atoms with Gasteiger partial charge in [0.15, 0.2) is 0 Å². The number of benzene rings is 14. The fourth-order valence-corrected chi connectivity index (χ4v) is 16.7. The lowest BCUT2D eigenvalue weighted by molar-refractivity contribution is 0.768. The van der Waals surface area contributed by atoms with Gasteiger partial charge in [-0.2, -0.15) is 0 Å². The fourth-order valence-electron chi connectivity index (χ4n) is 16.7. The van der Waals surface area contributed by atoms with Crippen molar-refractivity contribution in [2.24, 2.45) is 0 Å². The van der Waals surface area contributed by atoms with Crippen LogP contribution in [0.25, 0.3) is 54.6 Å². The number of rotatable bonds is 14. The van der Waals surface area contributed by atoms with E-state index in [1.807, 2.05) is 0 Å². The Balaban J connectivity index is 0.927. The maximum absolute atomic E-state index is 2.60. The second-order valence-corrected chi connectivity index (χ2v) is 25.3. The third-order valence-corrected chi connectivity index (χ3v) is 20.3. The van der Waals surface area contributed by atoms with Crippen molar-refractivity contribution in [2.75, 3.05) is 9.80 Å². The normalized spacial score (nSPS) is 13.4. The Bertz CT molecular complexity index is 4620. The van der Waals surface area contributed by atoms with Crippen molar-refractivity contribution in [1.82, 2.24) is 0 Å². The van der Waals surface area contributed by atoms with Crippen LogP contribution in [0.15, 0.2) is 279 Å². The van der Waals surface area contributed by atoms with Crippen molar-refractivity contribution in [2.45, 2.75) is 78.1 Å². The highest BCUT2D eigenvalue weighted by Crippen LogP contribution is 2.59. The summed E-state index contributed by atoms with van der Waals surface area (Å²) in [5.41, 5.74) is 29.3. The third-order valence-electron chi connectivity index (χ3n) is 20.3. The van der Waals surface area contributed by atoms with Crippen molar-refractivity contribution in [3.63, 3.8) is 0 Å². The average Bonchev–Trinajstić information content (AvgIpc) is 1.38. The zero-order valence-corrected chi connectivity index (χ0v) is 52.3. The van der Waals surface area contributed by atoms with E-state index in [1.54, 1.807) is 0 Å². The number of para-hydroxylation sites is 2. The maximum atomic E-state index is 2.60. The van der Waals surface area contributed by atoms with Crippen LogP contribution in [-0.4, -0.2) is 0 Å². The molecule has 16 rings (SSSR count). The van der Waals surface area contributed by atoms with Crippen LogP contribution in [0, 0.1) is 27.7 Å². The first kappa shape index (κ1) is 55.1. The van der Waals surface area contributed by atoms with Crippen molar-refractivity contribution >= 4 is 66.4 Å². The largest absolute Gasteiger partial charge is 0.309 e. The number of hydrogen-bond acceptors (Lipinski definition) is 2. The van der Waals surface area contributed by atoms with E-state index in [0.717, 1.165) is 37.1 Å². The van der Waals surface area contributed by atoms with Crippen molar-refractivity contribution < 1.29 is 0 Å². The number of hydrogen-bond donors (Lipinski definition) is 0.